The fourth-order valence-electron chi connectivity index (χ4n) is 1.98. The third-order valence-corrected chi connectivity index (χ3v) is 3.21. The zero-order valence-electron chi connectivity index (χ0n) is 10.4. The smallest absolute Gasteiger partial charge is 0.185 e. The number of ketones is 1. The van der Waals surface area contributed by atoms with E-state index < -0.39 is 0 Å². The number of carbonyl (C=O) groups is 1. The van der Waals surface area contributed by atoms with E-state index in [-0.39, 0.29) is 11.8 Å². The molecule has 1 unspecified atom stereocenters. The van der Waals surface area contributed by atoms with Crippen molar-refractivity contribution in [2.24, 2.45) is 0 Å². The maximum atomic E-state index is 12.4. The molecule has 1 atom stereocenters. The maximum absolute atomic E-state index is 12.4. The minimum absolute atomic E-state index is 0.0465. The van der Waals surface area contributed by atoms with Crippen LogP contribution in [0.4, 0.5) is 0 Å². The van der Waals surface area contributed by atoms with Crippen molar-refractivity contribution in [3.63, 3.8) is 0 Å². The summed E-state index contributed by atoms with van der Waals surface area (Å²) < 4.78 is 1.91. The molecule has 94 valence electrons. The molecule has 3 nitrogen and oxygen atoms in total. The van der Waals surface area contributed by atoms with Gasteiger partial charge in [0.05, 0.1) is 6.04 Å². The van der Waals surface area contributed by atoms with Crippen molar-refractivity contribution < 1.29 is 4.79 Å². The van der Waals surface area contributed by atoms with Crippen molar-refractivity contribution in [1.29, 1.82) is 0 Å². The molecule has 2 rings (SSSR count). The fraction of sp³-hybridized carbons (Fsp3) is 0.286. The van der Waals surface area contributed by atoms with Crippen LogP contribution in [0.2, 0.25) is 5.02 Å². The number of rotatable bonds is 4. The SMILES string of the molecule is CCc1nccn1C(C)C(=O)c1cccc(Cl)c1. The summed E-state index contributed by atoms with van der Waals surface area (Å²) in [6.45, 7) is 3.90. The Labute approximate surface area is 111 Å². The average molecular weight is 263 g/mol. The number of carbonyl (C=O) groups excluding carboxylic acids is 1. The summed E-state index contributed by atoms with van der Waals surface area (Å²) in [7, 11) is 0. The average Bonchev–Trinajstić information content (AvgIpc) is 2.85. The normalized spacial score (nSPS) is 12.4. The van der Waals surface area contributed by atoms with Crippen molar-refractivity contribution in [3.8, 4) is 0 Å². The topological polar surface area (TPSA) is 34.9 Å². The molecule has 0 saturated heterocycles. The second-order valence-corrected chi connectivity index (χ2v) is 4.59. The van der Waals surface area contributed by atoms with Crippen molar-refractivity contribution in [2.75, 3.05) is 0 Å². The molecule has 0 amide bonds. The predicted molar refractivity (Wildman–Crippen MR) is 72.1 cm³/mol. The molecule has 0 bridgehead atoms. The molecule has 0 aliphatic carbocycles. The molecule has 0 aliphatic rings. The molecule has 0 aliphatic heterocycles. The van der Waals surface area contributed by atoms with Gasteiger partial charge in [0, 0.05) is 29.4 Å². The predicted octanol–water partition coefficient (Wildman–Crippen LogP) is 3.54. The highest BCUT2D eigenvalue weighted by Gasteiger charge is 2.18. The molecule has 0 spiro atoms. The van der Waals surface area contributed by atoms with Gasteiger partial charge >= 0.3 is 0 Å². The van der Waals surface area contributed by atoms with Crippen LogP contribution in [0.25, 0.3) is 0 Å². The van der Waals surface area contributed by atoms with Crippen LogP contribution < -0.4 is 0 Å². The zero-order chi connectivity index (χ0) is 13.1. The Kier molecular flexibility index (Phi) is 3.82. The molecule has 0 fully saturated rings. The number of hydrogen-bond donors (Lipinski definition) is 0. The maximum Gasteiger partial charge on any atom is 0.185 e. The number of imidazole rings is 1. The molecule has 2 aromatic rings. The lowest BCUT2D eigenvalue weighted by molar-refractivity contribution is 0.0933. The lowest BCUT2D eigenvalue weighted by Gasteiger charge is -2.15. The largest absolute Gasteiger partial charge is 0.324 e. The number of halogens is 1. The number of hydrogen-bond acceptors (Lipinski definition) is 2. The third kappa shape index (κ3) is 2.46. The first kappa shape index (κ1) is 12.8. The molecule has 1 aromatic heterocycles. The first-order valence-corrected chi connectivity index (χ1v) is 6.32. The van der Waals surface area contributed by atoms with Crippen molar-refractivity contribution in [1.82, 2.24) is 9.55 Å². The summed E-state index contributed by atoms with van der Waals surface area (Å²) in [5.41, 5.74) is 0.630. The van der Waals surface area contributed by atoms with Gasteiger partial charge in [0.25, 0.3) is 0 Å². The number of aromatic nitrogens is 2. The molecular formula is C14H15ClN2O. The molecule has 0 N–H and O–H groups in total. The van der Waals surface area contributed by atoms with Crippen LogP contribution in [-0.2, 0) is 6.42 Å². The molecular weight excluding hydrogens is 248 g/mol. The summed E-state index contributed by atoms with van der Waals surface area (Å²) in [5.74, 6) is 0.961. The monoisotopic (exact) mass is 262 g/mol. The Morgan fingerprint density at radius 1 is 1.50 bits per heavy atom. The summed E-state index contributed by atoms with van der Waals surface area (Å²) in [4.78, 5) is 16.6. The minimum atomic E-state index is -0.263. The Morgan fingerprint density at radius 2 is 2.28 bits per heavy atom. The van der Waals surface area contributed by atoms with E-state index in [0.717, 1.165) is 12.2 Å². The van der Waals surface area contributed by atoms with E-state index in [1.54, 1.807) is 30.5 Å². The van der Waals surface area contributed by atoms with Crippen LogP contribution in [0.1, 0.15) is 36.1 Å². The Balaban J connectivity index is 2.29. The first-order chi connectivity index (χ1) is 8.63. The Morgan fingerprint density at radius 3 is 2.94 bits per heavy atom. The Bertz CT molecular complexity index is 562. The van der Waals surface area contributed by atoms with Gasteiger partial charge in [-0.15, -0.1) is 0 Å². The third-order valence-electron chi connectivity index (χ3n) is 2.97. The van der Waals surface area contributed by atoms with Crippen LogP contribution in [0, 0.1) is 0 Å². The van der Waals surface area contributed by atoms with Crippen molar-refractivity contribution in [2.45, 2.75) is 26.3 Å². The summed E-state index contributed by atoms with van der Waals surface area (Å²) in [5, 5.41) is 0.578. The summed E-state index contributed by atoms with van der Waals surface area (Å²) in [6, 6.07) is 6.77. The lowest BCUT2D eigenvalue weighted by Crippen LogP contribution is -2.18. The highest BCUT2D eigenvalue weighted by atomic mass is 35.5. The summed E-state index contributed by atoms with van der Waals surface area (Å²) >= 11 is 5.91. The molecule has 1 aromatic carbocycles. The van der Waals surface area contributed by atoms with Gasteiger partial charge in [0.1, 0.15) is 5.82 Å². The zero-order valence-corrected chi connectivity index (χ0v) is 11.2. The van der Waals surface area contributed by atoms with E-state index in [1.807, 2.05) is 24.6 Å². The molecule has 0 saturated carbocycles. The van der Waals surface area contributed by atoms with Gasteiger partial charge in [-0.05, 0) is 19.1 Å². The van der Waals surface area contributed by atoms with Gasteiger partial charge in [0.2, 0.25) is 0 Å². The van der Waals surface area contributed by atoms with E-state index in [2.05, 4.69) is 4.98 Å². The fourth-order valence-corrected chi connectivity index (χ4v) is 2.17. The lowest BCUT2D eigenvalue weighted by atomic mass is 10.1. The number of nitrogens with zero attached hydrogens (tertiary/aromatic N) is 2. The number of aryl methyl sites for hydroxylation is 1. The van der Waals surface area contributed by atoms with Gasteiger partial charge in [-0.3, -0.25) is 4.79 Å². The van der Waals surface area contributed by atoms with Crippen LogP contribution in [-0.4, -0.2) is 15.3 Å². The highest BCUT2D eigenvalue weighted by molar-refractivity contribution is 6.31. The van der Waals surface area contributed by atoms with E-state index in [0.29, 0.717) is 10.6 Å². The summed E-state index contributed by atoms with van der Waals surface area (Å²) in [6.07, 6.45) is 4.37. The van der Waals surface area contributed by atoms with Gasteiger partial charge in [-0.2, -0.15) is 0 Å². The van der Waals surface area contributed by atoms with E-state index in [9.17, 15) is 4.79 Å². The van der Waals surface area contributed by atoms with Gasteiger partial charge in [-0.1, -0.05) is 30.7 Å². The van der Waals surface area contributed by atoms with E-state index >= 15 is 0 Å². The van der Waals surface area contributed by atoms with Crippen LogP contribution >= 0.6 is 11.6 Å². The molecule has 18 heavy (non-hydrogen) atoms. The van der Waals surface area contributed by atoms with E-state index in [4.69, 9.17) is 11.6 Å². The molecule has 4 heteroatoms. The second-order valence-electron chi connectivity index (χ2n) is 4.15. The van der Waals surface area contributed by atoms with E-state index in [1.165, 1.54) is 0 Å². The highest BCUT2D eigenvalue weighted by Crippen LogP contribution is 2.19. The first-order valence-electron chi connectivity index (χ1n) is 5.95. The Hall–Kier alpha value is -1.61. The van der Waals surface area contributed by atoms with Crippen LogP contribution in [0.15, 0.2) is 36.7 Å². The van der Waals surface area contributed by atoms with Crippen LogP contribution in [0.5, 0.6) is 0 Å². The minimum Gasteiger partial charge on any atom is -0.324 e. The van der Waals surface area contributed by atoms with Gasteiger partial charge in [0.15, 0.2) is 5.78 Å². The number of benzene rings is 1. The van der Waals surface area contributed by atoms with Crippen molar-refractivity contribution >= 4 is 17.4 Å². The number of Topliss-reactive ketones (excluding diaryl/α,β-unsaturated/α-hetero) is 1. The molecule has 1 heterocycles. The standard InChI is InChI=1S/C14H15ClN2O/c1-3-13-16-7-8-17(13)10(2)14(18)11-5-4-6-12(15)9-11/h4-10H,3H2,1-2H3. The van der Waals surface area contributed by atoms with Gasteiger partial charge < -0.3 is 4.57 Å². The van der Waals surface area contributed by atoms with Gasteiger partial charge in [-0.25, -0.2) is 4.98 Å². The van der Waals surface area contributed by atoms with Crippen molar-refractivity contribution in [3.05, 3.63) is 53.1 Å². The van der Waals surface area contributed by atoms with Crippen LogP contribution in [0.3, 0.4) is 0 Å². The second kappa shape index (κ2) is 5.36. The molecule has 0 radical (unpaired) electrons. The quantitative estimate of drug-likeness (QED) is 0.790.